The Bertz CT molecular complexity index is 1050. The molecule has 5 nitrogen and oxygen atoms in total. The minimum Gasteiger partial charge on any atom is -0.493 e. The van der Waals surface area contributed by atoms with Crippen LogP contribution in [0, 0.1) is 17.7 Å². The fourth-order valence-electron chi connectivity index (χ4n) is 6.41. The second-order valence-corrected chi connectivity index (χ2v) is 11.6. The number of ether oxygens (including phenoxy) is 1. The molecule has 0 saturated heterocycles. The number of benzene rings is 2. The van der Waals surface area contributed by atoms with Gasteiger partial charge in [-0.15, -0.1) is 0 Å². The van der Waals surface area contributed by atoms with Gasteiger partial charge < -0.3 is 20.7 Å². The summed E-state index contributed by atoms with van der Waals surface area (Å²) >= 11 is 12.2. The molecule has 5 rings (SSSR count). The van der Waals surface area contributed by atoms with E-state index in [2.05, 4.69) is 16.0 Å². The fraction of sp³-hybridized carbons (Fsp3) is 0.552. The molecule has 2 saturated carbocycles. The third kappa shape index (κ3) is 6.12. The molecule has 200 valence electrons. The molecule has 1 amide bonds. The fourth-order valence-corrected chi connectivity index (χ4v) is 6.70. The molecule has 1 aliphatic heterocycles. The zero-order valence-corrected chi connectivity index (χ0v) is 22.6. The van der Waals surface area contributed by atoms with E-state index in [9.17, 15) is 9.18 Å². The molecule has 3 aliphatic rings. The topological polar surface area (TPSA) is 62.4 Å². The summed E-state index contributed by atoms with van der Waals surface area (Å²) in [5.41, 5.74) is 0.510. The van der Waals surface area contributed by atoms with E-state index in [-0.39, 0.29) is 28.8 Å². The van der Waals surface area contributed by atoms with Crippen molar-refractivity contribution < 1.29 is 13.9 Å². The molecule has 2 unspecified atom stereocenters. The van der Waals surface area contributed by atoms with E-state index in [1.807, 2.05) is 12.1 Å². The number of anilines is 2. The van der Waals surface area contributed by atoms with Gasteiger partial charge in [0, 0.05) is 23.6 Å². The van der Waals surface area contributed by atoms with Crippen molar-refractivity contribution in [2.24, 2.45) is 11.8 Å². The minimum absolute atomic E-state index is 0.0575. The summed E-state index contributed by atoms with van der Waals surface area (Å²) < 4.78 is 20.5. The SMILES string of the molecule is O=C(NC1CCCCC1)C(C1CCCCC1)C1(CCOc2ccc(Cl)cc2)Nc2cc(F)c(Cl)cc2N1. The molecule has 1 heterocycles. The smallest absolute Gasteiger partial charge is 0.227 e. The Labute approximate surface area is 228 Å². The summed E-state index contributed by atoms with van der Waals surface area (Å²) in [6.07, 6.45) is 11.5. The summed E-state index contributed by atoms with van der Waals surface area (Å²) in [5, 5.41) is 11.3. The standard InChI is InChI=1S/C29H36Cl2FN3O2/c30-20-11-13-22(14-12-20)37-16-15-29(34-25-17-23(31)24(32)18-26(25)35-29)27(19-7-3-1-4-8-19)28(36)33-21-9-5-2-6-10-21/h11-14,17-19,21,27,34-35H,1-10,15-16H2,(H,33,36). The lowest BCUT2D eigenvalue weighted by molar-refractivity contribution is -0.130. The number of carbonyl (C=O) groups is 1. The van der Waals surface area contributed by atoms with Crippen LogP contribution in [-0.2, 0) is 4.79 Å². The number of halogens is 3. The third-order valence-electron chi connectivity index (χ3n) is 8.24. The van der Waals surface area contributed by atoms with Gasteiger partial charge in [0.25, 0.3) is 0 Å². The number of rotatable bonds is 8. The summed E-state index contributed by atoms with van der Waals surface area (Å²) in [7, 11) is 0. The molecule has 0 radical (unpaired) electrons. The van der Waals surface area contributed by atoms with Crippen molar-refractivity contribution >= 4 is 40.5 Å². The Morgan fingerprint density at radius 2 is 1.59 bits per heavy atom. The zero-order chi connectivity index (χ0) is 25.8. The highest BCUT2D eigenvalue weighted by Gasteiger charge is 2.51. The molecule has 8 heteroatoms. The molecule has 2 atom stereocenters. The van der Waals surface area contributed by atoms with Gasteiger partial charge in [0.1, 0.15) is 17.2 Å². The second kappa shape index (κ2) is 11.7. The highest BCUT2D eigenvalue weighted by molar-refractivity contribution is 6.31. The molecule has 3 N–H and O–H groups in total. The van der Waals surface area contributed by atoms with E-state index in [0.717, 1.165) is 51.4 Å². The van der Waals surface area contributed by atoms with Crippen molar-refractivity contribution in [1.82, 2.24) is 5.32 Å². The minimum atomic E-state index is -0.827. The van der Waals surface area contributed by atoms with Gasteiger partial charge in [0.2, 0.25) is 5.91 Å². The van der Waals surface area contributed by atoms with Gasteiger partial charge in [-0.25, -0.2) is 4.39 Å². The van der Waals surface area contributed by atoms with E-state index in [4.69, 9.17) is 27.9 Å². The van der Waals surface area contributed by atoms with Gasteiger partial charge in [0.05, 0.1) is 28.9 Å². The Morgan fingerprint density at radius 3 is 2.27 bits per heavy atom. The number of fused-ring (bicyclic) bond motifs is 1. The molecule has 2 aliphatic carbocycles. The van der Waals surface area contributed by atoms with Crippen LogP contribution in [0.15, 0.2) is 36.4 Å². The van der Waals surface area contributed by atoms with Crippen molar-refractivity contribution in [2.75, 3.05) is 17.2 Å². The third-order valence-corrected chi connectivity index (χ3v) is 8.78. The molecule has 2 aromatic rings. The lowest BCUT2D eigenvalue weighted by Crippen LogP contribution is -2.59. The summed E-state index contributed by atoms with van der Waals surface area (Å²) in [5.74, 6) is 0.166. The highest BCUT2D eigenvalue weighted by atomic mass is 35.5. The van der Waals surface area contributed by atoms with Gasteiger partial charge in [-0.1, -0.05) is 61.7 Å². The first-order valence-corrected chi connectivity index (χ1v) is 14.4. The largest absolute Gasteiger partial charge is 0.493 e. The molecule has 2 aromatic carbocycles. The lowest BCUT2D eigenvalue weighted by atomic mass is 9.72. The van der Waals surface area contributed by atoms with Gasteiger partial charge in [-0.05, 0) is 61.9 Å². The van der Waals surface area contributed by atoms with Crippen LogP contribution in [0.1, 0.15) is 70.6 Å². The summed E-state index contributed by atoms with van der Waals surface area (Å²) in [4.78, 5) is 14.1. The number of hydrogen-bond donors (Lipinski definition) is 3. The van der Waals surface area contributed by atoms with Crippen molar-refractivity contribution in [2.45, 2.75) is 82.3 Å². The van der Waals surface area contributed by atoms with Gasteiger partial charge >= 0.3 is 0 Å². The maximum absolute atomic E-state index is 14.4. The zero-order valence-electron chi connectivity index (χ0n) is 21.1. The number of hydrogen-bond acceptors (Lipinski definition) is 4. The van der Waals surface area contributed by atoms with E-state index < -0.39 is 11.5 Å². The predicted molar refractivity (Wildman–Crippen MR) is 148 cm³/mol. The van der Waals surface area contributed by atoms with Crippen molar-refractivity contribution in [3.8, 4) is 5.75 Å². The van der Waals surface area contributed by atoms with Gasteiger partial charge in [-0.2, -0.15) is 0 Å². The molecule has 0 aromatic heterocycles. The van der Waals surface area contributed by atoms with Crippen LogP contribution < -0.4 is 20.7 Å². The van der Waals surface area contributed by atoms with E-state index in [1.54, 1.807) is 18.2 Å². The normalized spacial score (nSPS) is 23.0. The molecule has 37 heavy (non-hydrogen) atoms. The van der Waals surface area contributed by atoms with Crippen LogP contribution in [0.4, 0.5) is 15.8 Å². The maximum atomic E-state index is 14.4. The molecular formula is C29H36Cl2FN3O2. The predicted octanol–water partition coefficient (Wildman–Crippen LogP) is 7.78. The van der Waals surface area contributed by atoms with Crippen LogP contribution in [0.2, 0.25) is 10.0 Å². The Hall–Kier alpha value is -2.18. The van der Waals surface area contributed by atoms with Crippen LogP contribution in [0.25, 0.3) is 0 Å². The molecule has 0 spiro atoms. The van der Waals surface area contributed by atoms with E-state index in [1.165, 1.54) is 18.9 Å². The first kappa shape index (κ1) is 26.4. The first-order valence-electron chi connectivity index (χ1n) is 13.7. The summed E-state index contributed by atoms with van der Waals surface area (Å²) in [6, 6.07) is 10.5. The summed E-state index contributed by atoms with van der Waals surface area (Å²) in [6.45, 7) is 0.367. The van der Waals surface area contributed by atoms with Crippen LogP contribution in [0.3, 0.4) is 0 Å². The van der Waals surface area contributed by atoms with Crippen LogP contribution in [0.5, 0.6) is 5.75 Å². The Balaban J connectivity index is 1.44. The van der Waals surface area contributed by atoms with Gasteiger partial charge in [-0.3, -0.25) is 4.79 Å². The Morgan fingerprint density at radius 1 is 0.973 bits per heavy atom. The second-order valence-electron chi connectivity index (χ2n) is 10.8. The van der Waals surface area contributed by atoms with E-state index in [0.29, 0.717) is 35.2 Å². The van der Waals surface area contributed by atoms with Crippen molar-refractivity contribution in [3.63, 3.8) is 0 Å². The van der Waals surface area contributed by atoms with Crippen LogP contribution >= 0.6 is 23.2 Å². The highest BCUT2D eigenvalue weighted by Crippen LogP contribution is 2.46. The van der Waals surface area contributed by atoms with Crippen molar-refractivity contribution in [3.05, 3.63) is 52.3 Å². The van der Waals surface area contributed by atoms with E-state index >= 15 is 0 Å². The van der Waals surface area contributed by atoms with Gasteiger partial charge in [0.15, 0.2) is 0 Å². The molecule has 0 bridgehead atoms. The quantitative estimate of drug-likeness (QED) is 0.315. The first-order chi connectivity index (χ1) is 17.9. The lowest BCUT2D eigenvalue weighted by Gasteiger charge is -2.43. The monoisotopic (exact) mass is 547 g/mol. The van der Waals surface area contributed by atoms with Crippen LogP contribution in [-0.4, -0.2) is 24.2 Å². The maximum Gasteiger partial charge on any atom is 0.227 e. The average molecular weight is 549 g/mol. The number of amides is 1. The Kier molecular flexibility index (Phi) is 8.35. The molecular weight excluding hydrogens is 512 g/mol. The average Bonchev–Trinajstić information content (AvgIpc) is 3.24. The molecule has 2 fully saturated rings. The number of carbonyl (C=O) groups excluding carboxylic acids is 1. The van der Waals surface area contributed by atoms with Crippen molar-refractivity contribution in [1.29, 1.82) is 0 Å². The number of nitrogens with one attached hydrogen (secondary N) is 3.